The molecule has 1 aliphatic carbocycles. The number of likely N-dealkylation sites (tertiary alicyclic amines) is 1. The Morgan fingerprint density at radius 3 is 2.29 bits per heavy atom. The molecule has 0 N–H and O–H groups in total. The van der Waals surface area contributed by atoms with Gasteiger partial charge in [-0.1, -0.05) is 12.1 Å². The van der Waals surface area contributed by atoms with Gasteiger partial charge in [0.15, 0.2) is 0 Å². The van der Waals surface area contributed by atoms with Crippen LogP contribution in [0.1, 0.15) is 26.3 Å². The van der Waals surface area contributed by atoms with Crippen molar-refractivity contribution in [3.63, 3.8) is 0 Å². The Kier molecular flexibility index (Phi) is 3.52. The minimum Gasteiger partial charge on any atom is -0.444 e. The SMILES string of the molecule is CC(C)(C)OC(=O)N1C[C@@H]2[C@H](C1)C2(C#N)c1ccc([N+](=O)[O-])cc1. The molecule has 0 aromatic heterocycles. The standard InChI is InChI=1S/C17H19N3O4/c1-16(2,3)24-15(21)19-8-13-14(9-19)17(13,10-18)11-4-6-12(7-5-11)20(22)23/h4-7,13-14H,8-9H2,1-3H3/t13-,14+,17?. The number of carbonyl (C=O) groups is 1. The minimum atomic E-state index is -0.645. The summed E-state index contributed by atoms with van der Waals surface area (Å²) in [5.41, 5.74) is -0.398. The van der Waals surface area contributed by atoms with Crippen LogP contribution in [-0.2, 0) is 10.2 Å². The zero-order chi connectivity index (χ0) is 17.7. The van der Waals surface area contributed by atoms with Gasteiger partial charge in [0, 0.05) is 37.1 Å². The molecule has 3 atom stereocenters. The molecular weight excluding hydrogens is 310 g/mol. The van der Waals surface area contributed by atoms with E-state index in [2.05, 4.69) is 6.07 Å². The van der Waals surface area contributed by atoms with Gasteiger partial charge in [0.25, 0.3) is 5.69 Å². The molecule has 1 aromatic carbocycles. The van der Waals surface area contributed by atoms with Crippen LogP contribution in [0.5, 0.6) is 0 Å². The summed E-state index contributed by atoms with van der Waals surface area (Å²) >= 11 is 0. The summed E-state index contributed by atoms with van der Waals surface area (Å²) in [6, 6.07) is 8.53. The molecule has 0 spiro atoms. The summed E-state index contributed by atoms with van der Waals surface area (Å²) < 4.78 is 5.37. The Labute approximate surface area is 140 Å². The molecule has 1 aromatic rings. The highest BCUT2D eigenvalue weighted by Crippen LogP contribution is 2.63. The molecule has 24 heavy (non-hydrogen) atoms. The first-order valence-corrected chi connectivity index (χ1v) is 7.83. The third kappa shape index (κ3) is 2.48. The first-order valence-electron chi connectivity index (χ1n) is 7.83. The average molecular weight is 329 g/mol. The van der Waals surface area contributed by atoms with Crippen molar-refractivity contribution in [3.05, 3.63) is 39.9 Å². The van der Waals surface area contributed by atoms with Crippen LogP contribution in [0.4, 0.5) is 10.5 Å². The van der Waals surface area contributed by atoms with Crippen molar-refractivity contribution < 1.29 is 14.5 Å². The van der Waals surface area contributed by atoms with Crippen LogP contribution in [-0.4, -0.2) is 34.6 Å². The summed E-state index contributed by atoms with van der Waals surface area (Å²) in [4.78, 5) is 24.1. The topological polar surface area (TPSA) is 96.5 Å². The average Bonchev–Trinajstić information content (AvgIpc) is 2.88. The lowest BCUT2D eigenvalue weighted by Gasteiger charge is -2.27. The number of nitriles is 1. The van der Waals surface area contributed by atoms with E-state index in [1.165, 1.54) is 12.1 Å². The van der Waals surface area contributed by atoms with Gasteiger partial charge in [-0.3, -0.25) is 10.1 Å². The fraction of sp³-hybridized carbons (Fsp3) is 0.529. The number of hydrogen-bond acceptors (Lipinski definition) is 5. The Morgan fingerprint density at radius 1 is 1.33 bits per heavy atom. The number of piperidine rings is 1. The van der Waals surface area contributed by atoms with E-state index in [1.807, 2.05) is 20.8 Å². The molecule has 1 heterocycles. The zero-order valence-electron chi connectivity index (χ0n) is 13.9. The number of amides is 1. The highest BCUT2D eigenvalue weighted by molar-refractivity contribution is 5.70. The molecule has 126 valence electrons. The largest absolute Gasteiger partial charge is 0.444 e. The number of hydrogen-bond donors (Lipinski definition) is 0. The Bertz CT molecular complexity index is 718. The van der Waals surface area contributed by atoms with Crippen molar-refractivity contribution in [2.24, 2.45) is 11.8 Å². The predicted octanol–water partition coefficient (Wildman–Crippen LogP) is 2.85. The molecule has 1 unspecified atom stereocenters. The number of fused-ring (bicyclic) bond motifs is 1. The molecule has 1 aliphatic heterocycles. The van der Waals surface area contributed by atoms with E-state index in [0.717, 1.165) is 5.56 Å². The van der Waals surface area contributed by atoms with Gasteiger partial charge >= 0.3 is 6.09 Å². The second-order valence-corrected chi connectivity index (χ2v) is 7.38. The van der Waals surface area contributed by atoms with Crippen LogP contribution in [0.25, 0.3) is 0 Å². The van der Waals surface area contributed by atoms with Crippen LogP contribution in [0.2, 0.25) is 0 Å². The van der Waals surface area contributed by atoms with E-state index in [-0.39, 0.29) is 23.6 Å². The van der Waals surface area contributed by atoms with E-state index >= 15 is 0 Å². The van der Waals surface area contributed by atoms with Crippen molar-refractivity contribution in [2.75, 3.05) is 13.1 Å². The number of ether oxygens (including phenoxy) is 1. The van der Waals surface area contributed by atoms with Gasteiger partial charge in [-0.2, -0.15) is 5.26 Å². The molecule has 7 heteroatoms. The summed E-state index contributed by atoms with van der Waals surface area (Å²) in [5, 5.41) is 20.4. The lowest BCUT2D eigenvalue weighted by Crippen LogP contribution is -2.38. The number of nitrogens with zero attached hydrogens (tertiary/aromatic N) is 3. The highest BCUT2D eigenvalue weighted by Gasteiger charge is 2.70. The van der Waals surface area contributed by atoms with Crippen LogP contribution < -0.4 is 0 Å². The van der Waals surface area contributed by atoms with Crippen molar-refractivity contribution in [1.29, 1.82) is 5.26 Å². The van der Waals surface area contributed by atoms with Gasteiger partial charge < -0.3 is 9.64 Å². The fourth-order valence-corrected chi connectivity index (χ4v) is 3.62. The third-order valence-corrected chi connectivity index (χ3v) is 4.77. The Balaban J connectivity index is 1.73. The van der Waals surface area contributed by atoms with Gasteiger partial charge in [0.05, 0.1) is 16.4 Å². The quantitative estimate of drug-likeness (QED) is 0.614. The molecule has 0 radical (unpaired) electrons. The molecule has 2 fully saturated rings. The smallest absolute Gasteiger partial charge is 0.410 e. The highest BCUT2D eigenvalue weighted by atomic mass is 16.6. The fourth-order valence-electron chi connectivity index (χ4n) is 3.62. The van der Waals surface area contributed by atoms with Gasteiger partial charge in [-0.15, -0.1) is 0 Å². The maximum atomic E-state index is 12.1. The maximum absolute atomic E-state index is 12.1. The zero-order valence-corrected chi connectivity index (χ0v) is 13.9. The monoisotopic (exact) mass is 329 g/mol. The van der Waals surface area contributed by atoms with Gasteiger partial charge in [-0.25, -0.2) is 4.79 Å². The van der Waals surface area contributed by atoms with Crippen LogP contribution in [0.15, 0.2) is 24.3 Å². The van der Waals surface area contributed by atoms with Crippen LogP contribution in [0, 0.1) is 33.3 Å². The van der Waals surface area contributed by atoms with Crippen LogP contribution >= 0.6 is 0 Å². The predicted molar refractivity (Wildman–Crippen MR) is 85.2 cm³/mol. The summed E-state index contributed by atoms with van der Waals surface area (Å²) in [6.07, 6.45) is -0.356. The number of rotatable bonds is 2. The van der Waals surface area contributed by atoms with Crippen molar-refractivity contribution in [1.82, 2.24) is 4.90 Å². The van der Waals surface area contributed by atoms with Gasteiger partial charge in [0.2, 0.25) is 0 Å². The van der Waals surface area contributed by atoms with E-state index in [9.17, 15) is 20.2 Å². The van der Waals surface area contributed by atoms with Crippen molar-refractivity contribution in [3.8, 4) is 6.07 Å². The van der Waals surface area contributed by atoms with Crippen LogP contribution in [0.3, 0.4) is 0 Å². The third-order valence-electron chi connectivity index (χ3n) is 4.77. The summed E-state index contributed by atoms with van der Waals surface area (Å²) in [7, 11) is 0. The molecule has 2 aliphatic rings. The van der Waals surface area contributed by atoms with E-state index in [4.69, 9.17) is 4.74 Å². The Hall–Kier alpha value is -2.62. The molecular formula is C17H19N3O4. The van der Waals surface area contributed by atoms with E-state index in [1.54, 1.807) is 17.0 Å². The number of non-ortho nitro benzene ring substituents is 1. The first-order chi connectivity index (χ1) is 11.2. The molecule has 7 nitrogen and oxygen atoms in total. The maximum Gasteiger partial charge on any atom is 0.410 e. The number of carbonyl (C=O) groups excluding carboxylic acids is 1. The van der Waals surface area contributed by atoms with Crippen molar-refractivity contribution >= 4 is 11.8 Å². The van der Waals surface area contributed by atoms with Gasteiger partial charge in [-0.05, 0) is 26.3 Å². The minimum absolute atomic E-state index is 0.00744. The molecule has 0 bridgehead atoms. The van der Waals surface area contributed by atoms with E-state index in [0.29, 0.717) is 13.1 Å². The first kappa shape index (κ1) is 16.2. The molecule has 1 amide bonds. The summed E-state index contributed by atoms with van der Waals surface area (Å²) in [6.45, 7) is 6.41. The molecule has 1 saturated heterocycles. The van der Waals surface area contributed by atoms with Crippen molar-refractivity contribution in [2.45, 2.75) is 31.8 Å². The molecule has 3 rings (SSSR count). The summed E-state index contributed by atoms with van der Waals surface area (Å²) in [5.74, 6) is 0.105. The molecule has 1 saturated carbocycles. The second kappa shape index (κ2) is 5.20. The number of benzene rings is 1. The number of nitro benzene ring substituents is 1. The second-order valence-electron chi connectivity index (χ2n) is 7.38. The lowest BCUT2D eigenvalue weighted by atomic mass is 9.91. The van der Waals surface area contributed by atoms with E-state index < -0.39 is 15.9 Å². The Morgan fingerprint density at radius 2 is 1.88 bits per heavy atom. The normalized spacial score (nSPS) is 28.0. The van der Waals surface area contributed by atoms with Gasteiger partial charge in [0.1, 0.15) is 5.60 Å². The lowest BCUT2D eigenvalue weighted by molar-refractivity contribution is -0.384. The number of nitro groups is 1.